The van der Waals surface area contributed by atoms with E-state index in [1.54, 1.807) is 6.92 Å². The summed E-state index contributed by atoms with van der Waals surface area (Å²) in [6, 6.07) is 0.364. The fourth-order valence-electron chi connectivity index (χ4n) is 2.64. The maximum Gasteiger partial charge on any atom is 0.253 e. The van der Waals surface area contributed by atoms with E-state index < -0.39 is 0 Å². The first-order chi connectivity index (χ1) is 9.13. The lowest BCUT2D eigenvalue weighted by Gasteiger charge is -2.23. The van der Waals surface area contributed by atoms with E-state index in [-0.39, 0.29) is 5.91 Å². The lowest BCUT2D eigenvalue weighted by Crippen LogP contribution is -2.43. The van der Waals surface area contributed by atoms with Crippen LogP contribution in [0.15, 0.2) is 0 Å². The summed E-state index contributed by atoms with van der Waals surface area (Å²) >= 11 is 0. The number of aldehydes is 1. The van der Waals surface area contributed by atoms with Crippen molar-refractivity contribution in [2.24, 2.45) is 0 Å². The van der Waals surface area contributed by atoms with Gasteiger partial charge in [0.05, 0.1) is 11.3 Å². The number of hydrogen-bond acceptors (Lipinski definition) is 3. The molecule has 1 aromatic heterocycles. The van der Waals surface area contributed by atoms with Gasteiger partial charge in [0.25, 0.3) is 5.91 Å². The van der Waals surface area contributed by atoms with Crippen LogP contribution >= 0.6 is 0 Å². The Bertz CT molecular complexity index is 473. The molecule has 1 fully saturated rings. The van der Waals surface area contributed by atoms with Crippen LogP contribution in [0.3, 0.4) is 0 Å². The molecule has 5 nitrogen and oxygen atoms in total. The molecule has 3 N–H and O–H groups in total. The molecule has 0 saturated carbocycles. The molecule has 19 heavy (non-hydrogen) atoms. The van der Waals surface area contributed by atoms with E-state index in [1.807, 2.05) is 6.92 Å². The first-order valence-corrected chi connectivity index (χ1v) is 6.79. The Kier molecular flexibility index (Phi) is 4.37. The van der Waals surface area contributed by atoms with E-state index >= 15 is 0 Å². The minimum atomic E-state index is -0.105. The average Bonchev–Trinajstić information content (AvgIpc) is 2.72. The number of aromatic amines is 1. The highest BCUT2D eigenvalue weighted by Gasteiger charge is 2.19. The fourth-order valence-corrected chi connectivity index (χ4v) is 2.64. The Morgan fingerprint density at radius 1 is 1.42 bits per heavy atom. The molecule has 0 aromatic carbocycles. The summed E-state index contributed by atoms with van der Waals surface area (Å²) in [5, 5.41) is 6.34. The first-order valence-electron chi connectivity index (χ1n) is 6.79. The third-order valence-electron chi connectivity index (χ3n) is 3.74. The number of carbonyl (C=O) groups is 2. The standard InChI is InChI=1S/C14H21N3O2/c1-9-12(8-18)17-10(2)13(9)14(19)16-7-11-5-3-4-6-15-11/h8,11,15,17H,3-7H2,1-2H3,(H,16,19). The molecule has 0 spiro atoms. The van der Waals surface area contributed by atoms with Crippen molar-refractivity contribution in [2.75, 3.05) is 13.1 Å². The normalized spacial score (nSPS) is 19.2. The van der Waals surface area contributed by atoms with Gasteiger partial charge in [0.15, 0.2) is 6.29 Å². The van der Waals surface area contributed by atoms with E-state index in [4.69, 9.17) is 0 Å². The number of H-pyrrole nitrogens is 1. The van der Waals surface area contributed by atoms with Gasteiger partial charge in [0.2, 0.25) is 0 Å². The molecule has 2 heterocycles. The molecule has 0 aliphatic carbocycles. The fraction of sp³-hybridized carbons (Fsp3) is 0.571. The molecule has 1 aliphatic rings. The third-order valence-corrected chi connectivity index (χ3v) is 3.74. The Labute approximate surface area is 113 Å². The van der Waals surface area contributed by atoms with Gasteiger partial charge in [-0.05, 0) is 38.8 Å². The van der Waals surface area contributed by atoms with Crippen molar-refractivity contribution in [1.82, 2.24) is 15.6 Å². The molecular weight excluding hydrogens is 242 g/mol. The van der Waals surface area contributed by atoms with Crippen molar-refractivity contribution in [1.29, 1.82) is 0 Å². The van der Waals surface area contributed by atoms with Gasteiger partial charge < -0.3 is 15.6 Å². The predicted octanol–water partition coefficient (Wildman–Crippen LogP) is 1.32. The highest BCUT2D eigenvalue weighted by atomic mass is 16.1. The number of carbonyl (C=O) groups excluding carboxylic acids is 2. The highest BCUT2D eigenvalue weighted by Crippen LogP contribution is 2.16. The monoisotopic (exact) mass is 263 g/mol. The number of hydrogen-bond donors (Lipinski definition) is 3. The largest absolute Gasteiger partial charge is 0.356 e. The summed E-state index contributed by atoms with van der Waals surface area (Å²) in [6.07, 6.45) is 4.28. The molecule has 1 saturated heterocycles. The van der Waals surface area contributed by atoms with Gasteiger partial charge >= 0.3 is 0 Å². The van der Waals surface area contributed by atoms with Crippen LogP contribution in [0.1, 0.15) is 51.4 Å². The van der Waals surface area contributed by atoms with E-state index in [9.17, 15) is 9.59 Å². The molecular formula is C14H21N3O2. The van der Waals surface area contributed by atoms with E-state index in [0.29, 0.717) is 23.8 Å². The van der Waals surface area contributed by atoms with Gasteiger partial charge in [0, 0.05) is 18.3 Å². The van der Waals surface area contributed by atoms with Crippen LogP contribution in [0.25, 0.3) is 0 Å². The Morgan fingerprint density at radius 3 is 2.79 bits per heavy atom. The quantitative estimate of drug-likeness (QED) is 0.717. The van der Waals surface area contributed by atoms with Crippen LogP contribution in [0.2, 0.25) is 0 Å². The summed E-state index contributed by atoms with van der Waals surface area (Å²) in [5.41, 5.74) is 2.55. The maximum atomic E-state index is 12.2. The highest BCUT2D eigenvalue weighted by molar-refractivity contribution is 5.99. The lowest BCUT2D eigenvalue weighted by atomic mass is 10.0. The van der Waals surface area contributed by atoms with Gasteiger partial charge in [-0.2, -0.15) is 0 Å². The number of nitrogens with one attached hydrogen (secondary N) is 3. The van der Waals surface area contributed by atoms with Crippen LogP contribution in [0.5, 0.6) is 0 Å². The second-order valence-corrected chi connectivity index (χ2v) is 5.14. The Balaban J connectivity index is 1.99. The Morgan fingerprint density at radius 2 is 2.21 bits per heavy atom. The lowest BCUT2D eigenvalue weighted by molar-refractivity contribution is 0.0946. The molecule has 1 aromatic rings. The number of aryl methyl sites for hydroxylation is 1. The minimum Gasteiger partial charge on any atom is -0.356 e. The zero-order valence-corrected chi connectivity index (χ0v) is 11.5. The van der Waals surface area contributed by atoms with Crippen LogP contribution < -0.4 is 10.6 Å². The smallest absolute Gasteiger partial charge is 0.253 e. The molecule has 1 amide bonds. The molecule has 104 valence electrons. The SMILES string of the molecule is Cc1[nH]c(C=O)c(C)c1C(=O)NCC1CCCCN1. The molecule has 0 radical (unpaired) electrons. The predicted molar refractivity (Wildman–Crippen MR) is 73.6 cm³/mol. The van der Waals surface area contributed by atoms with Crippen LogP contribution in [-0.4, -0.2) is 36.3 Å². The van der Waals surface area contributed by atoms with Crippen LogP contribution in [0.4, 0.5) is 0 Å². The average molecular weight is 263 g/mol. The zero-order valence-electron chi connectivity index (χ0n) is 11.5. The number of rotatable bonds is 4. The van der Waals surface area contributed by atoms with Crippen molar-refractivity contribution >= 4 is 12.2 Å². The van der Waals surface area contributed by atoms with Crippen molar-refractivity contribution in [3.05, 3.63) is 22.5 Å². The molecule has 1 aliphatic heterocycles. The molecule has 5 heteroatoms. The zero-order chi connectivity index (χ0) is 13.8. The second kappa shape index (κ2) is 6.02. The van der Waals surface area contributed by atoms with Gasteiger partial charge in [-0.3, -0.25) is 9.59 Å². The summed E-state index contributed by atoms with van der Waals surface area (Å²) < 4.78 is 0. The van der Waals surface area contributed by atoms with Gasteiger partial charge in [-0.15, -0.1) is 0 Å². The maximum absolute atomic E-state index is 12.2. The topological polar surface area (TPSA) is 74.0 Å². The summed E-state index contributed by atoms with van der Waals surface area (Å²) in [6.45, 7) is 5.27. The molecule has 0 bridgehead atoms. The van der Waals surface area contributed by atoms with Crippen LogP contribution in [0, 0.1) is 13.8 Å². The minimum absolute atomic E-state index is 0.105. The van der Waals surface area contributed by atoms with Crippen LogP contribution in [-0.2, 0) is 0 Å². The van der Waals surface area contributed by atoms with Gasteiger partial charge in [-0.1, -0.05) is 6.42 Å². The van der Waals surface area contributed by atoms with Crippen molar-refractivity contribution in [3.8, 4) is 0 Å². The number of amides is 1. The molecule has 1 unspecified atom stereocenters. The van der Waals surface area contributed by atoms with E-state index in [0.717, 1.165) is 30.5 Å². The Hall–Kier alpha value is -1.62. The summed E-state index contributed by atoms with van der Waals surface area (Å²) in [4.78, 5) is 26.0. The van der Waals surface area contributed by atoms with Crippen molar-refractivity contribution in [3.63, 3.8) is 0 Å². The first kappa shape index (κ1) is 13.8. The molecule has 2 rings (SSSR count). The number of piperidine rings is 1. The van der Waals surface area contributed by atoms with Gasteiger partial charge in [-0.25, -0.2) is 0 Å². The summed E-state index contributed by atoms with van der Waals surface area (Å²) in [7, 11) is 0. The van der Waals surface area contributed by atoms with Crippen molar-refractivity contribution in [2.45, 2.75) is 39.2 Å². The van der Waals surface area contributed by atoms with Gasteiger partial charge in [0.1, 0.15) is 0 Å². The van der Waals surface area contributed by atoms with E-state index in [1.165, 1.54) is 12.8 Å². The van der Waals surface area contributed by atoms with Crippen molar-refractivity contribution < 1.29 is 9.59 Å². The third kappa shape index (κ3) is 3.04. The molecule has 1 atom stereocenters. The van der Waals surface area contributed by atoms with E-state index in [2.05, 4.69) is 15.6 Å². The summed E-state index contributed by atoms with van der Waals surface area (Å²) in [5.74, 6) is -0.105. The number of aromatic nitrogens is 1. The second-order valence-electron chi connectivity index (χ2n) is 5.14.